The van der Waals surface area contributed by atoms with Gasteiger partial charge in [-0.25, -0.2) is 42.8 Å². The van der Waals surface area contributed by atoms with E-state index < -0.39 is 33.5 Å². The summed E-state index contributed by atoms with van der Waals surface area (Å²) in [5.41, 5.74) is 2.57. The van der Waals surface area contributed by atoms with Crippen molar-refractivity contribution in [2.75, 3.05) is 68.1 Å². The Bertz CT molecular complexity index is 3510. The van der Waals surface area contributed by atoms with Crippen molar-refractivity contribution in [1.29, 1.82) is 5.26 Å². The second-order valence-corrected chi connectivity index (χ2v) is 25.0. The minimum atomic E-state index is -3.56. The molecule has 0 radical (unpaired) electrons. The number of anilines is 2. The molecule has 2 amide bonds. The maximum Gasteiger partial charge on any atom is 0.326 e. The molecule has 25 nitrogen and oxygen atoms in total. The Kier molecular flexibility index (Phi) is 19.1. The van der Waals surface area contributed by atoms with Crippen LogP contribution in [0.3, 0.4) is 0 Å². The predicted molar refractivity (Wildman–Crippen MR) is 310 cm³/mol. The summed E-state index contributed by atoms with van der Waals surface area (Å²) in [7, 11) is -3.56. The number of hydrogen-bond donors (Lipinski definition) is 2. The average Bonchev–Trinajstić information content (AvgIpc) is 2.05. The van der Waals surface area contributed by atoms with Crippen molar-refractivity contribution in [3.8, 4) is 34.7 Å². The topological polar surface area (TPSA) is 304 Å². The second-order valence-electron chi connectivity index (χ2n) is 22.9. The summed E-state index contributed by atoms with van der Waals surface area (Å²) in [5, 5.41) is 30.1. The molecule has 3 aliphatic rings. The number of amides is 2. The molecule has 2 N–H and O–H groups in total. The standard InChI is InChI=1S/C59H70N14O11S/c1-39-32-69(57-63-30-42(31-64-57)48-16-15-47-53(75)59(5,6)73(54(47)65-48)33-41-11-10-20-61-50(41)28-60)21-22-72(39)52(74)37-70-34-43(67-68-70)38-82-24-8-7-23-81-25-26-85(79,80)71-35-46(36-71)83-44-12-9-13-45(27-44)84-51-17-14-40(29-62-51)55(76)66-49(56(77)78)18-19-58(2,3)4/h9-17,20,27,29-31,34,39,46,49H,7-8,18-19,21-26,32-33,35-38H2,1-6H3,(H,66,76)(H,77,78)/t39-,49-/m0/s1. The van der Waals surface area contributed by atoms with Gasteiger partial charge < -0.3 is 44.1 Å². The molecule has 26 heteroatoms. The first-order chi connectivity index (χ1) is 40.6. The molecule has 0 saturated carbocycles. The van der Waals surface area contributed by atoms with Gasteiger partial charge in [-0.05, 0) is 88.3 Å². The number of carboxylic acid groups (broad SMARTS) is 1. The molecule has 0 unspecified atom stereocenters. The number of carboxylic acids is 1. The van der Waals surface area contributed by atoms with E-state index in [1.807, 2.05) is 62.3 Å². The highest BCUT2D eigenvalue weighted by molar-refractivity contribution is 7.89. The Morgan fingerprint density at radius 2 is 1.68 bits per heavy atom. The fourth-order valence-electron chi connectivity index (χ4n) is 9.92. The van der Waals surface area contributed by atoms with E-state index in [1.54, 1.807) is 67.3 Å². The summed E-state index contributed by atoms with van der Waals surface area (Å²) >= 11 is 0. The third-order valence-corrected chi connectivity index (χ3v) is 16.6. The number of pyridine rings is 3. The number of aliphatic carboxylic acids is 1. The van der Waals surface area contributed by atoms with Gasteiger partial charge in [0.05, 0.1) is 60.6 Å². The third-order valence-electron chi connectivity index (χ3n) is 14.9. The van der Waals surface area contributed by atoms with E-state index in [0.29, 0.717) is 116 Å². The minimum absolute atomic E-state index is 0.0177. The van der Waals surface area contributed by atoms with Crippen LogP contribution in [-0.2, 0) is 48.8 Å². The molecule has 85 heavy (non-hydrogen) atoms. The van der Waals surface area contributed by atoms with Gasteiger partial charge in [-0.15, -0.1) is 5.10 Å². The number of ketones is 1. The van der Waals surface area contributed by atoms with Crippen molar-refractivity contribution in [2.24, 2.45) is 5.41 Å². The molecule has 6 aromatic rings. The van der Waals surface area contributed by atoms with Crippen molar-refractivity contribution in [3.05, 3.63) is 120 Å². The predicted octanol–water partition coefficient (Wildman–Crippen LogP) is 5.72. The van der Waals surface area contributed by atoms with Crippen molar-refractivity contribution < 1.29 is 51.6 Å². The van der Waals surface area contributed by atoms with E-state index >= 15 is 0 Å². The fourth-order valence-corrected chi connectivity index (χ4v) is 11.3. The zero-order valence-electron chi connectivity index (χ0n) is 48.5. The molecule has 8 heterocycles. The van der Waals surface area contributed by atoms with Gasteiger partial charge in [-0.2, -0.15) is 9.57 Å². The zero-order chi connectivity index (χ0) is 60.5. The fraction of sp³-hybridized carbons (Fsp3) is 0.458. The van der Waals surface area contributed by atoms with Gasteiger partial charge in [0.2, 0.25) is 27.8 Å². The van der Waals surface area contributed by atoms with Crippen molar-refractivity contribution >= 4 is 45.4 Å². The first kappa shape index (κ1) is 61.1. The number of nitrogens with zero attached hydrogens (tertiary/aromatic N) is 13. The van der Waals surface area contributed by atoms with E-state index in [2.05, 4.69) is 41.6 Å². The number of Topliss-reactive ketones (excluding diaryl/α,β-unsaturated/α-hetero) is 1. The van der Waals surface area contributed by atoms with E-state index in [9.17, 15) is 38.0 Å². The van der Waals surface area contributed by atoms with Crippen molar-refractivity contribution in [2.45, 2.75) is 111 Å². The van der Waals surface area contributed by atoms with Gasteiger partial charge in [-0.1, -0.05) is 38.1 Å². The second kappa shape index (κ2) is 26.6. The van der Waals surface area contributed by atoms with Gasteiger partial charge in [0.15, 0.2) is 5.78 Å². The third kappa shape index (κ3) is 15.4. The molecule has 0 aliphatic carbocycles. The van der Waals surface area contributed by atoms with Crippen LogP contribution in [0, 0.1) is 16.7 Å². The molecular formula is C59H70N14O11S. The van der Waals surface area contributed by atoms with Crippen LogP contribution in [0.1, 0.15) is 105 Å². The highest BCUT2D eigenvalue weighted by Gasteiger charge is 2.45. The number of rotatable bonds is 26. The number of ether oxygens (including phenoxy) is 4. The Hall–Kier alpha value is -8.51. The Balaban J connectivity index is 0.625. The van der Waals surface area contributed by atoms with Gasteiger partial charge in [0.25, 0.3) is 5.91 Å². The van der Waals surface area contributed by atoms with Crippen LogP contribution in [0.25, 0.3) is 11.3 Å². The Morgan fingerprint density at radius 3 is 2.40 bits per heavy atom. The van der Waals surface area contributed by atoms with Crippen molar-refractivity contribution in [3.63, 3.8) is 0 Å². The highest BCUT2D eigenvalue weighted by atomic mass is 32.2. The normalized spacial score (nSPS) is 16.6. The number of hydrogen-bond acceptors (Lipinski definition) is 20. The number of benzene rings is 1. The molecule has 2 saturated heterocycles. The van der Waals surface area contributed by atoms with Gasteiger partial charge in [-0.3, -0.25) is 14.4 Å². The molecule has 2 atom stereocenters. The van der Waals surface area contributed by atoms with Crippen molar-refractivity contribution in [1.82, 2.24) is 54.4 Å². The highest BCUT2D eigenvalue weighted by Crippen LogP contribution is 2.40. The smallest absolute Gasteiger partial charge is 0.326 e. The lowest BCUT2D eigenvalue weighted by molar-refractivity contribution is -0.139. The zero-order valence-corrected chi connectivity index (χ0v) is 49.3. The summed E-state index contributed by atoms with van der Waals surface area (Å²) in [6.45, 7) is 14.9. The summed E-state index contributed by atoms with van der Waals surface area (Å²) in [4.78, 5) is 79.9. The molecule has 0 spiro atoms. The molecule has 0 bridgehead atoms. The quantitative estimate of drug-likeness (QED) is 0.0614. The molecule has 1 aromatic carbocycles. The lowest BCUT2D eigenvalue weighted by Crippen LogP contribution is -2.56. The van der Waals surface area contributed by atoms with Gasteiger partial charge in [0, 0.05) is 93.5 Å². The summed E-state index contributed by atoms with van der Waals surface area (Å²) < 4.78 is 52.1. The summed E-state index contributed by atoms with van der Waals surface area (Å²) in [6.07, 6.45) is 9.88. The van der Waals surface area contributed by atoms with Crippen LogP contribution in [0.15, 0.2) is 91.6 Å². The van der Waals surface area contributed by atoms with Crippen LogP contribution in [0.4, 0.5) is 11.8 Å². The Labute approximate surface area is 493 Å². The number of piperazine rings is 1. The molecule has 3 aliphatic heterocycles. The summed E-state index contributed by atoms with van der Waals surface area (Å²) in [6, 6.07) is 18.0. The number of carbonyl (C=O) groups is 4. The number of fused-ring (bicyclic) bond motifs is 1. The first-order valence-electron chi connectivity index (χ1n) is 28.1. The number of aromatic nitrogens is 8. The average molecular weight is 1180 g/mol. The molecule has 448 valence electrons. The number of sulfonamides is 1. The summed E-state index contributed by atoms with van der Waals surface area (Å²) in [5.74, 6) is 0.173. The molecular weight excluding hydrogens is 1110 g/mol. The molecule has 2 fully saturated rings. The number of carbonyl (C=O) groups excluding carboxylic acids is 3. The SMILES string of the molecule is C[C@H]1CN(c2ncc(-c3ccc4c(n3)N(Cc3cccnc3C#N)C(C)(C)C4=O)cn2)CCN1C(=O)Cn1cc(COCCCCOCCS(=O)(=O)N2CC(Oc3cccc(Oc4ccc(C(=O)N[C@@H](CCC(C)(C)C)C(=O)O)cn4)c3)C2)nn1. The number of nitriles is 1. The molecule has 9 rings (SSSR count). The van der Waals surface area contributed by atoms with Gasteiger partial charge in [0.1, 0.15) is 53.5 Å². The van der Waals surface area contributed by atoms with Gasteiger partial charge >= 0.3 is 5.97 Å². The molecule has 5 aromatic heterocycles. The number of unbranched alkanes of at least 4 members (excludes halogenated alkanes) is 1. The van der Waals surface area contributed by atoms with Crippen LogP contribution >= 0.6 is 0 Å². The van der Waals surface area contributed by atoms with E-state index in [4.69, 9.17) is 23.9 Å². The Morgan fingerprint density at radius 1 is 0.918 bits per heavy atom. The minimum Gasteiger partial charge on any atom is -0.488 e. The van der Waals surface area contributed by atoms with E-state index in [-0.39, 0.29) is 85.8 Å². The monoisotopic (exact) mass is 1180 g/mol. The first-order valence-corrected chi connectivity index (χ1v) is 29.8. The maximum absolute atomic E-state index is 13.5. The van der Waals surface area contributed by atoms with Crippen LogP contribution < -0.4 is 24.6 Å². The lowest BCUT2D eigenvalue weighted by atomic mass is 9.88. The van der Waals surface area contributed by atoms with E-state index in [0.717, 1.165) is 0 Å². The van der Waals surface area contributed by atoms with E-state index in [1.165, 1.54) is 27.3 Å². The van der Waals surface area contributed by atoms with Crippen LogP contribution in [0.2, 0.25) is 0 Å². The lowest BCUT2D eigenvalue weighted by Gasteiger charge is -2.39. The largest absolute Gasteiger partial charge is 0.488 e. The number of nitrogens with one attached hydrogen (secondary N) is 1. The maximum atomic E-state index is 13.5. The van der Waals surface area contributed by atoms with Crippen LogP contribution in [-0.4, -0.2) is 168 Å². The van der Waals surface area contributed by atoms with Crippen LogP contribution in [0.5, 0.6) is 17.4 Å².